The van der Waals surface area contributed by atoms with Gasteiger partial charge in [0.15, 0.2) is 0 Å². The first-order valence-electron chi connectivity index (χ1n) is 6.70. The highest BCUT2D eigenvalue weighted by Crippen LogP contribution is 2.24. The van der Waals surface area contributed by atoms with Gasteiger partial charge in [0.25, 0.3) is 0 Å². The molecular weight excluding hydrogens is 282 g/mol. The average molecular weight is 296 g/mol. The summed E-state index contributed by atoms with van der Waals surface area (Å²) in [5.41, 5.74) is 3.29. The molecule has 3 aromatic rings. The normalized spacial score (nSPS) is 10.3. The summed E-state index contributed by atoms with van der Waals surface area (Å²) in [6, 6.07) is 21.9. The quantitative estimate of drug-likeness (QED) is 0.633. The molecule has 0 amide bonds. The lowest BCUT2D eigenvalue weighted by molar-refractivity contribution is 0.306. The summed E-state index contributed by atoms with van der Waals surface area (Å²) in [6.07, 6.45) is 1.71. The highest BCUT2D eigenvalue weighted by Gasteiger charge is 2.00. The Morgan fingerprint density at radius 2 is 1.62 bits per heavy atom. The lowest BCUT2D eigenvalue weighted by Crippen LogP contribution is -1.94. The maximum atomic E-state index is 5.91. The van der Waals surface area contributed by atoms with E-state index in [9.17, 15) is 0 Å². The monoisotopic (exact) mass is 295 g/mol. The molecule has 21 heavy (non-hydrogen) atoms. The number of halogens is 1. The molecule has 0 bridgehead atoms. The molecule has 3 rings (SSSR count). The van der Waals surface area contributed by atoms with Gasteiger partial charge in [0, 0.05) is 6.20 Å². The van der Waals surface area contributed by atoms with Gasteiger partial charge >= 0.3 is 0 Å². The van der Waals surface area contributed by atoms with Gasteiger partial charge < -0.3 is 4.74 Å². The van der Waals surface area contributed by atoms with Crippen molar-refractivity contribution >= 4 is 11.6 Å². The van der Waals surface area contributed by atoms with Crippen LogP contribution in [0.4, 0.5) is 0 Å². The summed E-state index contributed by atoms with van der Waals surface area (Å²) < 4.78 is 5.77. The number of benzene rings is 2. The first kappa shape index (κ1) is 13.7. The standard InChI is InChI=1S/C18H14ClNO/c19-18-12-16(10-11-20-18)15-6-8-17(9-7-15)21-13-14-4-2-1-3-5-14/h1-12H,13H2. The Labute approximate surface area is 129 Å². The molecule has 0 N–H and O–H groups in total. The number of aromatic nitrogens is 1. The molecule has 0 unspecified atom stereocenters. The number of rotatable bonds is 4. The van der Waals surface area contributed by atoms with Crippen molar-refractivity contribution in [3.8, 4) is 16.9 Å². The number of hydrogen-bond donors (Lipinski definition) is 0. The number of hydrogen-bond acceptors (Lipinski definition) is 2. The molecule has 0 aliphatic carbocycles. The van der Waals surface area contributed by atoms with Crippen molar-refractivity contribution in [3.05, 3.63) is 83.6 Å². The van der Waals surface area contributed by atoms with Gasteiger partial charge in [-0.05, 0) is 41.0 Å². The molecule has 0 radical (unpaired) electrons. The fourth-order valence-corrected chi connectivity index (χ4v) is 2.24. The zero-order valence-corrected chi connectivity index (χ0v) is 12.1. The summed E-state index contributed by atoms with van der Waals surface area (Å²) in [5.74, 6) is 0.850. The van der Waals surface area contributed by atoms with E-state index in [2.05, 4.69) is 4.98 Å². The Morgan fingerprint density at radius 1 is 0.857 bits per heavy atom. The van der Waals surface area contributed by atoms with Crippen LogP contribution in [-0.4, -0.2) is 4.98 Å². The lowest BCUT2D eigenvalue weighted by atomic mass is 10.1. The molecular formula is C18H14ClNO. The molecule has 0 aliphatic heterocycles. The van der Waals surface area contributed by atoms with E-state index in [-0.39, 0.29) is 0 Å². The zero-order valence-electron chi connectivity index (χ0n) is 11.4. The van der Waals surface area contributed by atoms with Gasteiger partial charge in [-0.25, -0.2) is 4.98 Å². The molecule has 3 heteroatoms. The maximum absolute atomic E-state index is 5.91. The van der Waals surface area contributed by atoms with Crippen LogP contribution in [0.25, 0.3) is 11.1 Å². The van der Waals surface area contributed by atoms with Crippen molar-refractivity contribution < 1.29 is 4.74 Å². The van der Waals surface area contributed by atoms with Crippen molar-refractivity contribution in [2.45, 2.75) is 6.61 Å². The van der Waals surface area contributed by atoms with Crippen molar-refractivity contribution in [2.24, 2.45) is 0 Å². The largest absolute Gasteiger partial charge is 0.489 e. The minimum Gasteiger partial charge on any atom is -0.489 e. The van der Waals surface area contributed by atoms with E-state index in [1.165, 1.54) is 0 Å². The van der Waals surface area contributed by atoms with Crippen molar-refractivity contribution in [1.29, 1.82) is 0 Å². The van der Waals surface area contributed by atoms with E-state index in [4.69, 9.17) is 16.3 Å². The summed E-state index contributed by atoms with van der Waals surface area (Å²) >= 11 is 5.91. The second-order valence-corrected chi connectivity index (χ2v) is 5.05. The van der Waals surface area contributed by atoms with Crippen LogP contribution >= 0.6 is 11.6 Å². The van der Waals surface area contributed by atoms with Crippen LogP contribution in [0.5, 0.6) is 5.75 Å². The van der Waals surface area contributed by atoms with E-state index in [0.717, 1.165) is 22.4 Å². The van der Waals surface area contributed by atoms with Crippen molar-refractivity contribution in [2.75, 3.05) is 0 Å². The SMILES string of the molecule is Clc1cc(-c2ccc(OCc3ccccc3)cc2)ccn1. The van der Waals surface area contributed by atoms with E-state index in [0.29, 0.717) is 11.8 Å². The Balaban J connectivity index is 1.69. The zero-order chi connectivity index (χ0) is 14.5. The van der Waals surface area contributed by atoms with Crippen LogP contribution in [0.2, 0.25) is 5.15 Å². The van der Waals surface area contributed by atoms with E-state index < -0.39 is 0 Å². The second kappa shape index (κ2) is 6.42. The van der Waals surface area contributed by atoms with Gasteiger partial charge in [0.05, 0.1) is 0 Å². The number of pyridine rings is 1. The van der Waals surface area contributed by atoms with Crippen molar-refractivity contribution in [1.82, 2.24) is 4.98 Å². The molecule has 2 aromatic carbocycles. The van der Waals surface area contributed by atoms with E-state index in [1.54, 1.807) is 6.20 Å². The first-order chi connectivity index (χ1) is 10.3. The van der Waals surface area contributed by atoms with Crippen molar-refractivity contribution in [3.63, 3.8) is 0 Å². The van der Waals surface area contributed by atoms with Gasteiger partial charge in [0.2, 0.25) is 0 Å². The molecule has 1 aromatic heterocycles. The molecule has 0 atom stereocenters. The van der Waals surface area contributed by atoms with Crippen LogP contribution in [-0.2, 0) is 6.61 Å². The molecule has 0 aliphatic rings. The first-order valence-corrected chi connectivity index (χ1v) is 7.08. The van der Waals surface area contributed by atoms with Crippen LogP contribution in [0.3, 0.4) is 0 Å². The summed E-state index contributed by atoms with van der Waals surface area (Å²) in [5, 5.41) is 0.497. The molecule has 0 fully saturated rings. The highest BCUT2D eigenvalue weighted by molar-refractivity contribution is 6.29. The average Bonchev–Trinajstić information content (AvgIpc) is 2.54. The Kier molecular flexibility index (Phi) is 4.17. The lowest BCUT2D eigenvalue weighted by Gasteiger charge is -2.07. The molecule has 0 saturated heterocycles. The van der Waals surface area contributed by atoms with Gasteiger partial charge in [-0.3, -0.25) is 0 Å². The third-order valence-electron chi connectivity index (χ3n) is 3.16. The summed E-state index contributed by atoms with van der Waals surface area (Å²) in [7, 11) is 0. The minimum absolute atomic E-state index is 0.497. The third-order valence-corrected chi connectivity index (χ3v) is 3.37. The molecule has 0 saturated carbocycles. The molecule has 104 valence electrons. The predicted molar refractivity (Wildman–Crippen MR) is 85.5 cm³/mol. The third kappa shape index (κ3) is 3.61. The van der Waals surface area contributed by atoms with Gasteiger partial charge in [-0.1, -0.05) is 54.1 Å². The van der Waals surface area contributed by atoms with Gasteiger partial charge in [0.1, 0.15) is 17.5 Å². The second-order valence-electron chi connectivity index (χ2n) is 4.67. The molecule has 1 heterocycles. The van der Waals surface area contributed by atoms with Gasteiger partial charge in [-0.2, -0.15) is 0 Å². The minimum atomic E-state index is 0.497. The topological polar surface area (TPSA) is 22.1 Å². The number of ether oxygens (including phenoxy) is 1. The molecule has 2 nitrogen and oxygen atoms in total. The smallest absolute Gasteiger partial charge is 0.129 e. The van der Waals surface area contributed by atoms with E-state index in [1.807, 2.05) is 66.7 Å². The number of nitrogens with zero attached hydrogens (tertiary/aromatic N) is 1. The Hall–Kier alpha value is -2.32. The summed E-state index contributed by atoms with van der Waals surface area (Å²) in [6.45, 7) is 0.571. The van der Waals surface area contributed by atoms with Crippen LogP contribution in [0.15, 0.2) is 72.9 Å². The Bertz CT molecular complexity index is 711. The highest BCUT2D eigenvalue weighted by atomic mass is 35.5. The Morgan fingerprint density at radius 3 is 2.33 bits per heavy atom. The van der Waals surface area contributed by atoms with Crippen LogP contribution < -0.4 is 4.74 Å². The summed E-state index contributed by atoms with van der Waals surface area (Å²) in [4.78, 5) is 3.99. The fourth-order valence-electron chi connectivity index (χ4n) is 2.07. The van der Waals surface area contributed by atoms with Crippen LogP contribution in [0.1, 0.15) is 5.56 Å². The van der Waals surface area contributed by atoms with Gasteiger partial charge in [-0.15, -0.1) is 0 Å². The van der Waals surface area contributed by atoms with E-state index >= 15 is 0 Å². The fraction of sp³-hybridized carbons (Fsp3) is 0.0556. The predicted octanol–water partition coefficient (Wildman–Crippen LogP) is 4.98. The molecule has 0 spiro atoms. The van der Waals surface area contributed by atoms with Crippen LogP contribution in [0, 0.1) is 0 Å². The maximum Gasteiger partial charge on any atom is 0.129 e.